The average molecular weight is 157 g/mol. The normalized spacial score (nSPS) is 17.5. The summed E-state index contributed by atoms with van der Waals surface area (Å²) in [7, 11) is 0. The predicted molar refractivity (Wildman–Crippen MR) is 22.6 cm³/mol. The van der Waals surface area contributed by atoms with Crippen LogP contribution < -0.4 is 0 Å². The Hall–Kier alpha value is -0.354. The van der Waals surface area contributed by atoms with Crippen LogP contribution in [0.3, 0.4) is 0 Å². The van der Waals surface area contributed by atoms with E-state index in [4.69, 9.17) is 0 Å². The van der Waals surface area contributed by atoms with Gasteiger partial charge in [0.1, 0.15) is 0 Å². The van der Waals surface area contributed by atoms with Crippen molar-refractivity contribution in [2.75, 3.05) is 0 Å². The number of carbonyl (C=O) groups excluding carboxylic acids is 2. The first-order valence-corrected chi connectivity index (χ1v) is 2.06. The summed E-state index contributed by atoms with van der Waals surface area (Å²) >= 11 is 0. The minimum Gasteiger partial charge on any atom is -0.596 e. The smallest absolute Gasteiger partial charge is 0.0568 e. The molecule has 0 bridgehead atoms. The van der Waals surface area contributed by atoms with Crippen molar-refractivity contribution in [1.29, 1.82) is 0 Å². The third-order valence-corrected chi connectivity index (χ3v) is 0.802. The van der Waals surface area contributed by atoms with E-state index in [1.54, 1.807) is 0 Å². The van der Waals surface area contributed by atoms with Crippen LogP contribution in [0.25, 0.3) is 5.32 Å². The molecule has 2 amide bonds. The summed E-state index contributed by atoms with van der Waals surface area (Å²) in [6.45, 7) is 0. The molecule has 1 fully saturated rings. The molecule has 0 aliphatic carbocycles. The monoisotopic (exact) mass is 157 g/mol. The fourth-order valence-electron chi connectivity index (χ4n) is 0.465. The Morgan fingerprint density at radius 3 is 1.62 bits per heavy atom. The SMILES string of the molecule is O=C1CCC(=O)[N-]1.[Co]. The van der Waals surface area contributed by atoms with Gasteiger partial charge in [0, 0.05) is 16.8 Å². The third kappa shape index (κ3) is 1.63. The zero-order valence-electron chi connectivity index (χ0n) is 4.01. The Labute approximate surface area is 57.0 Å². The van der Waals surface area contributed by atoms with Gasteiger partial charge < -0.3 is 14.9 Å². The van der Waals surface area contributed by atoms with E-state index in [2.05, 4.69) is 5.32 Å². The molecule has 0 N–H and O–H groups in total. The number of nitrogens with zero attached hydrogens (tertiary/aromatic N) is 1. The molecule has 1 radical (unpaired) electrons. The first kappa shape index (κ1) is 7.65. The van der Waals surface area contributed by atoms with E-state index < -0.39 is 0 Å². The standard InChI is InChI=1S/C4H5NO2.Co/c6-3-1-2-4(7)5-3;/h1-2H2,(H,5,6,7);/p-1. The van der Waals surface area contributed by atoms with Gasteiger partial charge in [0.05, 0.1) is 11.8 Å². The molecule has 1 heterocycles. The average Bonchev–Trinajstić information content (AvgIpc) is 1.87. The van der Waals surface area contributed by atoms with E-state index in [1.165, 1.54) is 0 Å². The van der Waals surface area contributed by atoms with Crippen LogP contribution in [0, 0.1) is 0 Å². The second-order valence-corrected chi connectivity index (χ2v) is 1.40. The summed E-state index contributed by atoms with van der Waals surface area (Å²) in [5, 5.41) is 3.11. The minimum absolute atomic E-state index is 0. The third-order valence-electron chi connectivity index (χ3n) is 0.802. The molecule has 0 atom stereocenters. The topological polar surface area (TPSA) is 48.2 Å². The van der Waals surface area contributed by atoms with Gasteiger partial charge in [0.25, 0.3) is 0 Å². The van der Waals surface area contributed by atoms with Gasteiger partial charge in [-0.15, -0.1) is 0 Å². The van der Waals surface area contributed by atoms with Gasteiger partial charge in [-0.25, -0.2) is 0 Å². The maximum Gasteiger partial charge on any atom is 0.0568 e. The summed E-state index contributed by atoms with van der Waals surface area (Å²) in [5.74, 6) is -0.546. The first-order valence-electron chi connectivity index (χ1n) is 2.06. The summed E-state index contributed by atoms with van der Waals surface area (Å²) in [5.41, 5.74) is 0. The number of rotatable bonds is 0. The fraction of sp³-hybridized carbons (Fsp3) is 0.500. The van der Waals surface area contributed by atoms with E-state index in [-0.39, 0.29) is 28.6 Å². The second-order valence-electron chi connectivity index (χ2n) is 1.40. The largest absolute Gasteiger partial charge is 0.596 e. The predicted octanol–water partition coefficient (Wildman–Crippen LogP) is 0.205. The maximum absolute atomic E-state index is 10.1. The molecule has 4 heteroatoms. The van der Waals surface area contributed by atoms with Crippen molar-refractivity contribution in [3.63, 3.8) is 0 Å². The van der Waals surface area contributed by atoms with E-state index in [1.807, 2.05) is 0 Å². The van der Waals surface area contributed by atoms with Crippen molar-refractivity contribution in [2.24, 2.45) is 0 Å². The van der Waals surface area contributed by atoms with Crippen molar-refractivity contribution in [3.8, 4) is 0 Å². The zero-order chi connectivity index (χ0) is 5.28. The van der Waals surface area contributed by atoms with Gasteiger partial charge in [0.15, 0.2) is 0 Å². The van der Waals surface area contributed by atoms with Gasteiger partial charge in [-0.05, 0) is 12.8 Å². The molecule has 1 aliphatic heterocycles. The molecule has 0 saturated carbocycles. The molecule has 8 heavy (non-hydrogen) atoms. The van der Waals surface area contributed by atoms with E-state index in [0.717, 1.165) is 0 Å². The molecule has 1 saturated heterocycles. The maximum atomic E-state index is 10.1. The molecule has 0 aromatic heterocycles. The molecule has 0 spiro atoms. The molecule has 47 valence electrons. The fourth-order valence-corrected chi connectivity index (χ4v) is 0.465. The van der Waals surface area contributed by atoms with Crippen LogP contribution >= 0.6 is 0 Å². The summed E-state index contributed by atoms with van der Waals surface area (Å²) in [6.07, 6.45) is 0.637. The second kappa shape index (κ2) is 2.83. The van der Waals surface area contributed by atoms with Crippen LogP contribution in [0.5, 0.6) is 0 Å². The van der Waals surface area contributed by atoms with Crippen LogP contribution in [-0.4, -0.2) is 11.8 Å². The Kier molecular flexibility index (Phi) is 2.71. The molecular weight excluding hydrogens is 153 g/mol. The number of carbonyl (C=O) groups is 2. The molecular formula is C4H4CoNO2-. The van der Waals surface area contributed by atoms with Crippen molar-refractivity contribution in [3.05, 3.63) is 5.32 Å². The Bertz CT molecular complexity index is 109. The summed E-state index contributed by atoms with van der Waals surface area (Å²) in [4.78, 5) is 20.1. The Morgan fingerprint density at radius 2 is 1.50 bits per heavy atom. The van der Waals surface area contributed by atoms with Gasteiger partial charge in [-0.3, -0.25) is 0 Å². The number of hydrogen-bond donors (Lipinski definition) is 0. The first-order chi connectivity index (χ1) is 3.29. The van der Waals surface area contributed by atoms with Gasteiger partial charge >= 0.3 is 0 Å². The Balaban J connectivity index is 0.000000490. The molecule has 1 rings (SSSR count). The van der Waals surface area contributed by atoms with Crippen LogP contribution in [0.4, 0.5) is 0 Å². The van der Waals surface area contributed by atoms with Crippen LogP contribution in [0.15, 0.2) is 0 Å². The number of amides is 2. The summed E-state index contributed by atoms with van der Waals surface area (Å²) in [6, 6.07) is 0. The number of imide groups is 1. The molecule has 0 unspecified atom stereocenters. The van der Waals surface area contributed by atoms with Crippen LogP contribution in [0.2, 0.25) is 0 Å². The van der Waals surface area contributed by atoms with Crippen molar-refractivity contribution in [1.82, 2.24) is 0 Å². The van der Waals surface area contributed by atoms with Crippen molar-refractivity contribution >= 4 is 11.8 Å². The summed E-state index contributed by atoms with van der Waals surface area (Å²) < 4.78 is 0. The molecule has 0 aromatic carbocycles. The van der Waals surface area contributed by atoms with Gasteiger partial charge in [-0.1, -0.05) is 0 Å². The van der Waals surface area contributed by atoms with E-state index >= 15 is 0 Å². The van der Waals surface area contributed by atoms with Crippen molar-refractivity contribution < 1.29 is 26.4 Å². The van der Waals surface area contributed by atoms with Gasteiger partial charge in [0.2, 0.25) is 0 Å². The van der Waals surface area contributed by atoms with E-state index in [0.29, 0.717) is 12.8 Å². The van der Waals surface area contributed by atoms with Crippen LogP contribution in [0.1, 0.15) is 12.8 Å². The zero-order valence-corrected chi connectivity index (χ0v) is 5.05. The van der Waals surface area contributed by atoms with Crippen LogP contribution in [-0.2, 0) is 26.4 Å². The van der Waals surface area contributed by atoms with Gasteiger partial charge in [-0.2, -0.15) is 0 Å². The molecule has 0 aromatic rings. The van der Waals surface area contributed by atoms with Crippen molar-refractivity contribution in [2.45, 2.75) is 12.8 Å². The number of hydrogen-bond acceptors (Lipinski definition) is 2. The minimum atomic E-state index is -0.273. The van der Waals surface area contributed by atoms with E-state index in [9.17, 15) is 9.59 Å². The molecule has 1 aliphatic rings. The Morgan fingerprint density at radius 1 is 1.12 bits per heavy atom. The molecule has 3 nitrogen and oxygen atoms in total. The quantitative estimate of drug-likeness (QED) is 0.471.